The number of aliphatic hydroxyl groups is 1. The fourth-order valence-corrected chi connectivity index (χ4v) is 4.58. The van der Waals surface area contributed by atoms with Crippen molar-refractivity contribution in [3.05, 3.63) is 60.2 Å². The van der Waals surface area contributed by atoms with E-state index < -0.39 is 0 Å². The van der Waals surface area contributed by atoms with Gasteiger partial charge < -0.3 is 10.0 Å². The highest BCUT2D eigenvalue weighted by atomic mass is 16.3. The maximum Gasteiger partial charge on any atom is 0.253 e. The van der Waals surface area contributed by atoms with Gasteiger partial charge >= 0.3 is 0 Å². The van der Waals surface area contributed by atoms with Crippen molar-refractivity contribution in [1.29, 1.82) is 0 Å². The first kappa shape index (κ1) is 19.2. The fourth-order valence-electron chi connectivity index (χ4n) is 4.58. The molecule has 4 heteroatoms. The molecule has 4 nitrogen and oxygen atoms in total. The van der Waals surface area contributed by atoms with Crippen LogP contribution in [0.15, 0.2) is 54.6 Å². The van der Waals surface area contributed by atoms with Gasteiger partial charge in [-0.15, -0.1) is 0 Å². The van der Waals surface area contributed by atoms with E-state index in [9.17, 15) is 9.90 Å². The smallest absolute Gasteiger partial charge is 0.253 e. The van der Waals surface area contributed by atoms with Crippen LogP contribution in [0, 0.1) is 5.92 Å². The molecular weight excluding hydrogens is 348 g/mol. The summed E-state index contributed by atoms with van der Waals surface area (Å²) in [5, 5.41) is 9.36. The second-order valence-electron chi connectivity index (χ2n) is 8.16. The van der Waals surface area contributed by atoms with Crippen LogP contribution in [0.25, 0.3) is 11.1 Å². The Bertz CT molecular complexity index is 784. The lowest BCUT2D eigenvalue weighted by Crippen LogP contribution is -2.52. The molecule has 1 atom stereocenters. The molecule has 148 valence electrons. The van der Waals surface area contributed by atoms with E-state index in [0.29, 0.717) is 18.6 Å². The summed E-state index contributed by atoms with van der Waals surface area (Å²) in [6.07, 6.45) is 4.37. The molecule has 2 fully saturated rings. The Balaban J connectivity index is 1.43. The Morgan fingerprint density at radius 2 is 1.68 bits per heavy atom. The Labute approximate surface area is 167 Å². The summed E-state index contributed by atoms with van der Waals surface area (Å²) < 4.78 is 0. The number of carbonyl (C=O) groups excluding carboxylic acids is 1. The Kier molecular flexibility index (Phi) is 6.08. The van der Waals surface area contributed by atoms with Crippen molar-refractivity contribution in [2.45, 2.75) is 31.7 Å². The van der Waals surface area contributed by atoms with Crippen LogP contribution in [-0.2, 0) is 0 Å². The molecule has 2 aromatic rings. The van der Waals surface area contributed by atoms with Gasteiger partial charge in [-0.2, -0.15) is 0 Å². The summed E-state index contributed by atoms with van der Waals surface area (Å²) in [6.45, 7) is 4.06. The molecule has 0 saturated carbocycles. The third-order valence-corrected chi connectivity index (χ3v) is 6.32. The van der Waals surface area contributed by atoms with Crippen LogP contribution < -0.4 is 0 Å². The molecular formula is C24H30N2O2. The van der Waals surface area contributed by atoms with E-state index in [1.807, 2.05) is 41.3 Å². The summed E-state index contributed by atoms with van der Waals surface area (Å²) in [7, 11) is 0. The van der Waals surface area contributed by atoms with E-state index >= 15 is 0 Å². The molecule has 1 unspecified atom stereocenters. The molecule has 0 aliphatic carbocycles. The summed E-state index contributed by atoms with van der Waals surface area (Å²) in [5.74, 6) is 0.603. The van der Waals surface area contributed by atoms with Crippen molar-refractivity contribution >= 4 is 5.91 Å². The second kappa shape index (κ2) is 8.89. The van der Waals surface area contributed by atoms with Gasteiger partial charge in [0.1, 0.15) is 0 Å². The summed E-state index contributed by atoms with van der Waals surface area (Å²) in [5.41, 5.74) is 3.01. The molecule has 1 N–H and O–H groups in total. The van der Waals surface area contributed by atoms with Gasteiger partial charge in [-0.05, 0) is 68.0 Å². The molecule has 28 heavy (non-hydrogen) atoms. The molecule has 2 saturated heterocycles. The molecule has 0 spiro atoms. The standard InChI is InChI=1S/C24H30N2O2/c27-18-19-11-14-25(15-12-19)23-10-5-13-26(17-23)24(28)22-9-4-8-21(16-22)20-6-2-1-3-7-20/h1-4,6-9,16,19,23,27H,5,10-15,17-18H2. The number of carbonyl (C=O) groups is 1. The minimum Gasteiger partial charge on any atom is -0.396 e. The number of hydrogen-bond donors (Lipinski definition) is 1. The molecule has 2 heterocycles. The van der Waals surface area contributed by atoms with Crippen LogP contribution >= 0.6 is 0 Å². The van der Waals surface area contributed by atoms with Crippen molar-refractivity contribution in [3.63, 3.8) is 0 Å². The van der Waals surface area contributed by atoms with Crippen LogP contribution in [-0.4, -0.2) is 59.6 Å². The normalized spacial score (nSPS) is 21.6. The first-order chi connectivity index (χ1) is 13.7. The average molecular weight is 379 g/mol. The molecule has 0 bridgehead atoms. The van der Waals surface area contributed by atoms with Gasteiger partial charge in [0.25, 0.3) is 5.91 Å². The maximum atomic E-state index is 13.2. The number of aliphatic hydroxyl groups excluding tert-OH is 1. The van der Waals surface area contributed by atoms with Crippen molar-refractivity contribution < 1.29 is 9.90 Å². The van der Waals surface area contributed by atoms with Gasteiger partial charge in [-0.3, -0.25) is 9.69 Å². The first-order valence-electron chi connectivity index (χ1n) is 10.5. The highest BCUT2D eigenvalue weighted by Crippen LogP contribution is 2.25. The monoisotopic (exact) mass is 378 g/mol. The summed E-state index contributed by atoms with van der Waals surface area (Å²) in [4.78, 5) is 17.8. The molecule has 0 radical (unpaired) electrons. The van der Waals surface area contributed by atoms with Crippen LogP contribution in [0.5, 0.6) is 0 Å². The van der Waals surface area contributed by atoms with Crippen molar-refractivity contribution in [3.8, 4) is 11.1 Å². The van der Waals surface area contributed by atoms with Gasteiger partial charge in [0.05, 0.1) is 0 Å². The Morgan fingerprint density at radius 1 is 0.929 bits per heavy atom. The lowest BCUT2D eigenvalue weighted by atomic mass is 9.94. The zero-order valence-electron chi connectivity index (χ0n) is 16.5. The maximum absolute atomic E-state index is 13.2. The Hall–Kier alpha value is -2.17. The van der Waals surface area contributed by atoms with E-state index in [2.05, 4.69) is 23.1 Å². The van der Waals surface area contributed by atoms with Crippen molar-refractivity contribution in [2.24, 2.45) is 5.92 Å². The predicted molar refractivity (Wildman–Crippen MR) is 112 cm³/mol. The quantitative estimate of drug-likeness (QED) is 0.883. The van der Waals surface area contributed by atoms with Crippen LogP contribution in [0.1, 0.15) is 36.0 Å². The highest BCUT2D eigenvalue weighted by molar-refractivity contribution is 5.95. The number of amides is 1. The lowest BCUT2D eigenvalue weighted by molar-refractivity contribution is 0.0446. The zero-order valence-corrected chi connectivity index (χ0v) is 16.5. The second-order valence-corrected chi connectivity index (χ2v) is 8.16. The van der Waals surface area contributed by atoms with Crippen LogP contribution in [0.4, 0.5) is 0 Å². The summed E-state index contributed by atoms with van der Waals surface area (Å²) >= 11 is 0. The number of piperidine rings is 2. The molecule has 1 amide bonds. The topological polar surface area (TPSA) is 43.8 Å². The number of hydrogen-bond acceptors (Lipinski definition) is 3. The van der Waals surface area contributed by atoms with Gasteiger partial charge in [0, 0.05) is 31.3 Å². The third kappa shape index (κ3) is 4.29. The predicted octanol–water partition coefficient (Wildman–Crippen LogP) is 3.66. The Morgan fingerprint density at radius 3 is 2.43 bits per heavy atom. The number of benzene rings is 2. The highest BCUT2D eigenvalue weighted by Gasteiger charge is 2.30. The number of likely N-dealkylation sites (tertiary alicyclic amines) is 2. The van der Waals surface area contributed by atoms with Gasteiger partial charge in [0.2, 0.25) is 0 Å². The van der Waals surface area contributed by atoms with E-state index in [0.717, 1.165) is 68.6 Å². The van der Waals surface area contributed by atoms with E-state index in [-0.39, 0.29) is 5.91 Å². The lowest BCUT2D eigenvalue weighted by Gasteiger charge is -2.42. The van der Waals surface area contributed by atoms with Gasteiger partial charge in [-0.25, -0.2) is 0 Å². The van der Waals surface area contributed by atoms with E-state index in [1.165, 1.54) is 0 Å². The zero-order chi connectivity index (χ0) is 19.3. The average Bonchev–Trinajstić information content (AvgIpc) is 2.79. The van der Waals surface area contributed by atoms with Gasteiger partial charge in [-0.1, -0.05) is 42.5 Å². The fraction of sp³-hybridized carbons (Fsp3) is 0.458. The van der Waals surface area contributed by atoms with Gasteiger partial charge in [0.15, 0.2) is 0 Å². The minimum absolute atomic E-state index is 0.146. The SMILES string of the molecule is O=C(c1cccc(-c2ccccc2)c1)N1CCCC(N2CCC(CO)CC2)C1. The summed E-state index contributed by atoms with van der Waals surface area (Å²) in [6, 6.07) is 18.7. The van der Waals surface area contributed by atoms with E-state index in [1.54, 1.807) is 0 Å². The first-order valence-corrected chi connectivity index (χ1v) is 10.5. The molecule has 0 aromatic heterocycles. The van der Waals surface area contributed by atoms with Crippen LogP contribution in [0.3, 0.4) is 0 Å². The van der Waals surface area contributed by atoms with E-state index in [4.69, 9.17) is 0 Å². The molecule has 2 aromatic carbocycles. The van der Waals surface area contributed by atoms with Crippen LogP contribution in [0.2, 0.25) is 0 Å². The largest absolute Gasteiger partial charge is 0.396 e. The number of nitrogens with zero attached hydrogens (tertiary/aromatic N) is 2. The number of rotatable bonds is 4. The molecule has 4 rings (SSSR count). The van der Waals surface area contributed by atoms with Crippen molar-refractivity contribution in [1.82, 2.24) is 9.80 Å². The van der Waals surface area contributed by atoms with Crippen molar-refractivity contribution in [2.75, 3.05) is 32.8 Å². The molecule has 2 aliphatic heterocycles. The molecule has 2 aliphatic rings. The minimum atomic E-state index is 0.146. The third-order valence-electron chi connectivity index (χ3n) is 6.32.